The van der Waals surface area contributed by atoms with Crippen LogP contribution in [0.5, 0.6) is 0 Å². The van der Waals surface area contributed by atoms with Crippen molar-refractivity contribution in [2.45, 2.75) is 64.1 Å². The number of rotatable bonds is 4. The van der Waals surface area contributed by atoms with Gasteiger partial charge in [0.2, 0.25) is 5.91 Å². The fourth-order valence-corrected chi connectivity index (χ4v) is 4.72. The Bertz CT molecular complexity index is 643. The lowest BCUT2D eigenvalue weighted by atomic mass is 9.79. The summed E-state index contributed by atoms with van der Waals surface area (Å²) in [5.41, 5.74) is 1.36. The van der Waals surface area contributed by atoms with E-state index >= 15 is 0 Å². The minimum absolute atomic E-state index is 0.0956. The molecule has 25 heavy (non-hydrogen) atoms. The van der Waals surface area contributed by atoms with Crippen LogP contribution in [0.1, 0.15) is 61.9 Å². The molecule has 1 amide bonds. The van der Waals surface area contributed by atoms with Crippen LogP contribution in [0.2, 0.25) is 0 Å². The second kappa shape index (κ2) is 7.16. The van der Waals surface area contributed by atoms with Crippen LogP contribution in [0.3, 0.4) is 0 Å². The summed E-state index contributed by atoms with van der Waals surface area (Å²) in [5.74, 6) is -0.604. The van der Waals surface area contributed by atoms with Gasteiger partial charge < -0.3 is 10.0 Å². The molecule has 2 fully saturated rings. The van der Waals surface area contributed by atoms with Gasteiger partial charge in [-0.3, -0.25) is 9.69 Å². The molecule has 2 aliphatic heterocycles. The van der Waals surface area contributed by atoms with E-state index < -0.39 is 5.97 Å². The predicted molar refractivity (Wildman–Crippen MR) is 96.5 cm³/mol. The van der Waals surface area contributed by atoms with Crippen LogP contribution in [0, 0.1) is 0 Å². The zero-order chi connectivity index (χ0) is 18.0. The maximum atomic E-state index is 12.4. The van der Waals surface area contributed by atoms with E-state index in [1.807, 2.05) is 12.1 Å². The lowest BCUT2D eigenvalue weighted by Gasteiger charge is -2.52. The molecule has 2 aliphatic rings. The summed E-state index contributed by atoms with van der Waals surface area (Å²) in [6.07, 6.45) is 4.89. The molecular weight excluding hydrogens is 316 g/mol. The van der Waals surface area contributed by atoms with Crippen LogP contribution in [-0.2, 0) is 11.3 Å². The Morgan fingerprint density at radius 2 is 2.00 bits per heavy atom. The van der Waals surface area contributed by atoms with E-state index in [2.05, 4.69) is 23.6 Å². The number of carbonyl (C=O) groups is 2. The summed E-state index contributed by atoms with van der Waals surface area (Å²) >= 11 is 0. The van der Waals surface area contributed by atoms with Gasteiger partial charge >= 0.3 is 5.97 Å². The molecular formula is C20H28N2O3. The Hall–Kier alpha value is -1.88. The van der Waals surface area contributed by atoms with E-state index in [-0.39, 0.29) is 11.4 Å². The molecule has 0 bridgehead atoms. The van der Waals surface area contributed by atoms with Gasteiger partial charge in [-0.05, 0) is 63.8 Å². The molecule has 2 saturated heterocycles. The van der Waals surface area contributed by atoms with Gasteiger partial charge in [-0.1, -0.05) is 12.1 Å². The molecule has 0 radical (unpaired) electrons. The fourth-order valence-electron chi connectivity index (χ4n) is 4.72. The zero-order valence-electron chi connectivity index (χ0n) is 15.2. The quantitative estimate of drug-likeness (QED) is 0.911. The van der Waals surface area contributed by atoms with Crippen molar-refractivity contribution in [2.24, 2.45) is 0 Å². The molecule has 5 heteroatoms. The van der Waals surface area contributed by atoms with Gasteiger partial charge in [0.05, 0.1) is 11.1 Å². The summed E-state index contributed by atoms with van der Waals surface area (Å²) in [7, 11) is 0. The molecule has 1 aromatic carbocycles. The van der Waals surface area contributed by atoms with Crippen LogP contribution < -0.4 is 0 Å². The second-order valence-electron chi connectivity index (χ2n) is 7.48. The molecule has 5 nitrogen and oxygen atoms in total. The highest BCUT2D eigenvalue weighted by molar-refractivity contribution is 5.87. The van der Waals surface area contributed by atoms with E-state index in [9.17, 15) is 9.59 Å². The summed E-state index contributed by atoms with van der Waals surface area (Å²) in [5, 5.41) is 9.06. The third-order valence-corrected chi connectivity index (χ3v) is 5.99. The van der Waals surface area contributed by atoms with E-state index in [1.165, 1.54) is 0 Å². The van der Waals surface area contributed by atoms with Crippen molar-refractivity contribution in [3.8, 4) is 0 Å². The summed E-state index contributed by atoms with van der Waals surface area (Å²) in [6, 6.07) is 7.55. The summed E-state index contributed by atoms with van der Waals surface area (Å²) in [6.45, 7) is 6.95. The number of benzene rings is 1. The smallest absolute Gasteiger partial charge is 0.335 e. The van der Waals surface area contributed by atoms with E-state index in [0.29, 0.717) is 18.0 Å². The first-order valence-corrected chi connectivity index (χ1v) is 9.32. The number of hydrogen-bond donors (Lipinski definition) is 1. The number of piperidine rings is 1. The molecule has 1 N–H and O–H groups in total. The molecule has 2 atom stereocenters. The normalized spacial score (nSPS) is 27.7. The Labute approximate surface area is 149 Å². The highest BCUT2D eigenvalue weighted by Gasteiger charge is 2.47. The van der Waals surface area contributed by atoms with Crippen molar-refractivity contribution < 1.29 is 14.7 Å². The number of aromatic carboxylic acids is 1. The van der Waals surface area contributed by atoms with E-state index in [4.69, 9.17) is 5.11 Å². The van der Waals surface area contributed by atoms with Crippen molar-refractivity contribution in [1.29, 1.82) is 0 Å². The molecule has 2 heterocycles. The molecule has 0 spiro atoms. The molecule has 0 aromatic heterocycles. The van der Waals surface area contributed by atoms with Crippen LogP contribution >= 0.6 is 0 Å². The molecule has 1 aromatic rings. The van der Waals surface area contributed by atoms with Gasteiger partial charge in [0.25, 0.3) is 0 Å². The number of hydrogen-bond acceptors (Lipinski definition) is 3. The number of nitrogens with zero attached hydrogens (tertiary/aromatic N) is 2. The van der Waals surface area contributed by atoms with Crippen molar-refractivity contribution in [3.05, 3.63) is 35.4 Å². The van der Waals surface area contributed by atoms with Crippen molar-refractivity contribution in [3.63, 3.8) is 0 Å². The van der Waals surface area contributed by atoms with Gasteiger partial charge in [-0.2, -0.15) is 0 Å². The Morgan fingerprint density at radius 1 is 1.28 bits per heavy atom. The maximum Gasteiger partial charge on any atom is 0.335 e. The average Bonchev–Trinajstić information content (AvgIpc) is 2.74. The minimum atomic E-state index is -0.890. The van der Waals surface area contributed by atoms with Crippen LogP contribution in [0.15, 0.2) is 24.3 Å². The molecule has 0 aliphatic carbocycles. The number of likely N-dealkylation sites (tertiary alicyclic amines) is 2. The first-order valence-electron chi connectivity index (χ1n) is 9.32. The van der Waals surface area contributed by atoms with Crippen LogP contribution in [0.25, 0.3) is 0 Å². The Balaban J connectivity index is 1.83. The fraction of sp³-hybridized carbons (Fsp3) is 0.600. The van der Waals surface area contributed by atoms with Gasteiger partial charge in [0, 0.05) is 25.6 Å². The number of carboxylic acids is 1. The lowest BCUT2D eigenvalue weighted by Crippen LogP contribution is -2.64. The number of amides is 1. The topological polar surface area (TPSA) is 60.9 Å². The SMILES string of the molecule is CCN1C(=O)CC[C@@H]2N(Cc3ccc(C(=O)O)cc3)CCCC[C@@]21C. The molecule has 0 unspecified atom stereocenters. The molecule has 3 rings (SSSR count). The predicted octanol–water partition coefficient (Wildman–Crippen LogP) is 3.14. The Kier molecular flexibility index (Phi) is 5.13. The summed E-state index contributed by atoms with van der Waals surface area (Å²) < 4.78 is 0. The second-order valence-corrected chi connectivity index (χ2v) is 7.48. The first kappa shape index (κ1) is 17.9. The number of carboxylic acid groups (broad SMARTS) is 1. The van der Waals surface area contributed by atoms with Gasteiger partial charge in [-0.15, -0.1) is 0 Å². The number of likely N-dealkylation sites (N-methyl/N-ethyl adjacent to an activating group) is 1. The zero-order valence-corrected chi connectivity index (χ0v) is 15.2. The van der Waals surface area contributed by atoms with Crippen molar-refractivity contribution >= 4 is 11.9 Å². The first-order chi connectivity index (χ1) is 12.0. The van der Waals surface area contributed by atoms with Crippen LogP contribution in [0.4, 0.5) is 0 Å². The van der Waals surface area contributed by atoms with Gasteiger partial charge in [-0.25, -0.2) is 4.79 Å². The molecule has 0 saturated carbocycles. The highest BCUT2D eigenvalue weighted by Crippen LogP contribution is 2.39. The number of fused-ring (bicyclic) bond motifs is 1. The van der Waals surface area contributed by atoms with Crippen molar-refractivity contribution in [2.75, 3.05) is 13.1 Å². The average molecular weight is 344 g/mol. The monoisotopic (exact) mass is 344 g/mol. The largest absolute Gasteiger partial charge is 0.478 e. The maximum absolute atomic E-state index is 12.4. The third kappa shape index (κ3) is 3.43. The third-order valence-electron chi connectivity index (χ3n) is 5.99. The molecule has 136 valence electrons. The summed E-state index contributed by atoms with van der Waals surface area (Å²) in [4.78, 5) is 28.0. The van der Waals surface area contributed by atoms with Crippen molar-refractivity contribution in [1.82, 2.24) is 9.80 Å². The van der Waals surface area contributed by atoms with E-state index in [0.717, 1.165) is 50.9 Å². The van der Waals surface area contributed by atoms with E-state index in [1.54, 1.807) is 12.1 Å². The minimum Gasteiger partial charge on any atom is -0.478 e. The van der Waals surface area contributed by atoms with Gasteiger partial charge in [0.1, 0.15) is 0 Å². The van der Waals surface area contributed by atoms with Crippen LogP contribution in [-0.4, -0.2) is 51.5 Å². The van der Waals surface area contributed by atoms with Gasteiger partial charge in [0.15, 0.2) is 0 Å². The number of carbonyl (C=O) groups excluding carboxylic acids is 1. The Morgan fingerprint density at radius 3 is 2.64 bits per heavy atom. The lowest BCUT2D eigenvalue weighted by molar-refractivity contribution is -0.146. The highest BCUT2D eigenvalue weighted by atomic mass is 16.4. The standard InChI is InChI=1S/C20H28N2O3/c1-3-22-18(23)11-10-17-20(22,2)12-4-5-13-21(17)14-15-6-8-16(9-7-15)19(24)25/h6-9,17H,3-5,10-14H2,1-2H3,(H,24,25)/t17-,20-/m0/s1.